The topological polar surface area (TPSA) is 81.8 Å². The van der Waals surface area contributed by atoms with E-state index in [0.717, 1.165) is 24.1 Å². The summed E-state index contributed by atoms with van der Waals surface area (Å²) in [6.45, 7) is 1.73. The van der Waals surface area contributed by atoms with Gasteiger partial charge in [-0.15, -0.1) is 0 Å². The second-order valence-electron chi connectivity index (χ2n) is 7.84. The third kappa shape index (κ3) is 3.72. The number of aromatic nitrogens is 4. The SMILES string of the molecule is Cc1cccc(NC(=O)Cn2nc(C3CC3)c3cnn(-c4ccc(F)cc4)c3c2=O)c1. The Kier molecular flexibility index (Phi) is 4.62. The molecule has 4 aromatic rings. The molecule has 0 unspecified atom stereocenters. The van der Waals surface area contributed by atoms with Gasteiger partial charge in [0.15, 0.2) is 0 Å². The molecular formula is C23H20FN5O2. The number of anilines is 1. The highest BCUT2D eigenvalue weighted by Crippen LogP contribution is 2.41. The molecule has 1 saturated carbocycles. The fraction of sp³-hybridized carbons (Fsp3) is 0.217. The van der Waals surface area contributed by atoms with Crippen molar-refractivity contribution in [1.82, 2.24) is 19.6 Å². The summed E-state index contributed by atoms with van der Waals surface area (Å²) in [5.41, 5.74) is 2.95. The number of fused-ring (bicyclic) bond motifs is 1. The molecular weight excluding hydrogens is 397 g/mol. The smallest absolute Gasteiger partial charge is 0.293 e. The van der Waals surface area contributed by atoms with Crippen molar-refractivity contribution in [1.29, 1.82) is 0 Å². The quantitative estimate of drug-likeness (QED) is 0.539. The lowest BCUT2D eigenvalue weighted by Crippen LogP contribution is -2.31. The largest absolute Gasteiger partial charge is 0.324 e. The summed E-state index contributed by atoms with van der Waals surface area (Å²) in [6.07, 6.45) is 3.59. The minimum Gasteiger partial charge on any atom is -0.324 e. The van der Waals surface area contributed by atoms with Gasteiger partial charge in [-0.3, -0.25) is 9.59 Å². The summed E-state index contributed by atoms with van der Waals surface area (Å²) >= 11 is 0. The van der Waals surface area contributed by atoms with Crippen molar-refractivity contribution in [3.05, 3.63) is 82.2 Å². The molecule has 0 bridgehead atoms. The van der Waals surface area contributed by atoms with E-state index in [1.54, 1.807) is 24.4 Å². The molecule has 2 aromatic carbocycles. The molecule has 1 aliphatic rings. The van der Waals surface area contributed by atoms with Crippen molar-refractivity contribution < 1.29 is 9.18 Å². The van der Waals surface area contributed by atoms with Gasteiger partial charge in [0.2, 0.25) is 5.91 Å². The summed E-state index contributed by atoms with van der Waals surface area (Å²) in [5.74, 6) is -0.458. The van der Waals surface area contributed by atoms with Crippen LogP contribution in [0.3, 0.4) is 0 Å². The standard InChI is InChI=1S/C23H20FN5O2/c1-14-3-2-4-17(11-14)26-20(30)13-28-23(31)22-19(21(27-28)15-5-6-15)12-25-29(22)18-9-7-16(24)8-10-18/h2-4,7-12,15H,5-6,13H2,1H3,(H,26,30). The molecule has 0 atom stereocenters. The van der Waals surface area contributed by atoms with Gasteiger partial charge in [-0.2, -0.15) is 10.2 Å². The second kappa shape index (κ2) is 7.46. The van der Waals surface area contributed by atoms with Crippen molar-refractivity contribution in [3.63, 3.8) is 0 Å². The van der Waals surface area contributed by atoms with Crippen molar-refractivity contribution >= 4 is 22.5 Å². The molecule has 8 heteroatoms. The van der Waals surface area contributed by atoms with Crippen LogP contribution in [0.2, 0.25) is 0 Å². The molecule has 5 rings (SSSR count). The maximum atomic E-state index is 13.4. The molecule has 2 heterocycles. The summed E-state index contributed by atoms with van der Waals surface area (Å²) in [7, 11) is 0. The summed E-state index contributed by atoms with van der Waals surface area (Å²) < 4.78 is 16.0. The molecule has 1 aliphatic carbocycles. The molecule has 156 valence electrons. The molecule has 0 saturated heterocycles. The first-order valence-corrected chi connectivity index (χ1v) is 10.1. The molecule has 1 amide bonds. The Labute approximate surface area is 177 Å². The van der Waals surface area contributed by atoms with Crippen LogP contribution in [0.5, 0.6) is 0 Å². The zero-order valence-corrected chi connectivity index (χ0v) is 16.9. The van der Waals surface area contributed by atoms with Crippen LogP contribution in [0.15, 0.2) is 59.5 Å². The highest BCUT2D eigenvalue weighted by molar-refractivity contribution is 5.91. The van der Waals surface area contributed by atoms with Crippen molar-refractivity contribution in [2.75, 3.05) is 5.32 Å². The fourth-order valence-electron chi connectivity index (χ4n) is 3.70. The third-order valence-electron chi connectivity index (χ3n) is 5.34. The van der Waals surface area contributed by atoms with Crippen molar-refractivity contribution in [2.24, 2.45) is 0 Å². The van der Waals surface area contributed by atoms with E-state index in [-0.39, 0.29) is 24.2 Å². The van der Waals surface area contributed by atoms with Crippen LogP contribution in [-0.4, -0.2) is 25.5 Å². The second-order valence-corrected chi connectivity index (χ2v) is 7.84. The van der Waals surface area contributed by atoms with Crippen LogP contribution in [0.1, 0.15) is 30.0 Å². The van der Waals surface area contributed by atoms with E-state index in [1.807, 2.05) is 25.1 Å². The molecule has 0 radical (unpaired) electrons. The first-order chi connectivity index (χ1) is 15.0. The number of amides is 1. The minimum absolute atomic E-state index is 0.211. The Bertz CT molecular complexity index is 1350. The van der Waals surface area contributed by atoms with Crippen LogP contribution >= 0.6 is 0 Å². The van der Waals surface area contributed by atoms with Gasteiger partial charge >= 0.3 is 0 Å². The van der Waals surface area contributed by atoms with Gasteiger partial charge in [-0.1, -0.05) is 12.1 Å². The third-order valence-corrected chi connectivity index (χ3v) is 5.34. The number of nitrogens with zero attached hydrogens (tertiary/aromatic N) is 4. The van der Waals surface area contributed by atoms with E-state index in [1.165, 1.54) is 21.5 Å². The van der Waals surface area contributed by atoms with Crippen LogP contribution in [0, 0.1) is 12.7 Å². The Morgan fingerprint density at radius 1 is 1.19 bits per heavy atom. The van der Waals surface area contributed by atoms with E-state index in [0.29, 0.717) is 22.3 Å². The molecule has 31 heavy (non-hydrogen) atoms. The van der Waals surface area contributed by atoms with Crippen molar-refractivity contribution in [3.8, 4) is 5.69 Å². The summed E-state index contributed by atoms with van der Waals surface area (Å²) in [4.78, 5) is 25.9. The Hall–Kier alpha value is -3.81. The van der Waals surface area contributed by atoms with Crippen LogP contribution in [0.25, 0.3) is 16.6 Å². The average Bonchev–Trinajstić information content (AvgIpc) is 3.49. The number of benzene rings is 2. The number of nitrogens with one attached hydrogen (secondary N) is 1. The van der Waals surface area contributed by atoms with E-state index >= 15 is 0 Å². The van der Waals surface area contributed by atoms with Gasteiger partial charge in [0.05, 0.1) is 17.6 Å². The molecule has 7 nitrogen and oxygen atoms in total. The highest BCUT2D eigenvalue weighted by atomic mass is 19.1. The first kappa shape index (κ1) is 19.2. The van der Waals surface area contributed by atoms with Gasteiger partial charge < -0.3 is 5.32 Å². The van der Waals surface area contributed by atoms with E-state index < -0.39 is 5.56 Å². The normalized spacial score (nSPS) is 13.5. The lowest BCUT2D eigenvalue weighted by Gasteiger charge is -2.11. The zero-order chi connectivity index (χ0) is 21.5. The number of rotatable bonds is 5. The van der Waals surface area contributed by atoms with E-state index in [4.69, 9.17) is 0 Å². The molecule has 1 N–H and O–H groups in total. The average molecular weight is 417 g/mol. The fourth-order valence-corrected chi connectivity index (χ4v) is 3.70. The van der Waals surface area contributed by atoms with Gasteiger partial charge in [0.25, 0.3) is 5.56 Å². The number of carbonyl (C=O) groups excluding carboxylic acids is 1. The van der Waals surface area contributed by atoms with E-state index in [9.17, 15) is 14.0 Å². The first-order valence-electron chi connectivity index (χ1n) is 10.1. The number of halogens is 1. The summed E-state index contributed by atoms with van der Waals surface area (Å²) in [6, 6.07) is 13.2. The molecule has 2 aromatic heterocycles. The summed E-state index contributed by atoms with van der Waals surface area (Å²) in [5, 5.41) is 12.4. The number of hydrogen-bond acceptors (Lipinski definition) is 4. The molecule has 1 fully saturated rings. The number of hydrogen-bond donors (Lipinski definition) is 1. The Morgan fingerprint density at radius 2 is 1.97 bits per heavy atom. The zero-order valence-electron chi connectivity index (χ0n) is 16.9. The Balaban J connectivity index is 1.56. The maximum absolute atomic E-state index is 13.4. The lowest BCUT2D eigenvalue weighted by atomic mass is 10.2. The predicted octanol–water partition coefficient (Wildman–Crippen LogP) is 3.55. The number of carbonyl (C=O) groups is 1. The monoisotopic (exact) mass is 417 g/mol. The maximum Gasteiger partial charge on any atom is 0.293 e. The van der Waals surface area contributed by atoms with Crippen LogP contribution in [0.4, 0.5) is 10.1 Å². The lowest BCUT2D eigenvalue weighted by molar-refractivity contribution is -0.117. The predicted molar refractivity (Wildman–Crippen MR) is 115 cm³/mol. The Morgan fingerprint density at radius 3 is 2.68 bits per heavy atom. The van der Waals surface area contributed by atoms with Gasteiger partial charge in [-0.05, 0) is 61.7 Å². The molecule has 0 spiro atoms. The molecule has 0 aliphatic heterocycles. The number of aryl methyl sites for hydroxylation is 1. The van der Waals surface area contributed by atoms with Crippen molar-refractivity contribution in [2.45, 2.75) is 32.2 Å². The minimum atomic E-state index is -0.416. The highest BCUT2D eigenvalue weighted by Gasteiger charge is 2.30. The van der Waals surface area contributed by atoms with Gasteiger partial charge in [-0.25, -0.2) is 13.8 Å². The van der Waals surface area contributed by atoms with Gasteiger partial charge in [0.1, 0.15) is 17.9 Å². The van der Waals surface area contributed by atoms with Crippen LogP contribution in [-0.2, 0) is 11.3 Å². The van der Waals surface area contributed by atoms with E-state index in [2.05, 4.69) is 15.5 Å². The van der Waals surface area contributed by atoms with Gasteiger partial charge in [0, 0.05) is 17.0 Å². The van der Waals surface area contributed by atoms with Crippen LogP contribution < -0.4 is 10.9 Å².